The minimum atomic E-state index is 0.0581. The standard InChI is InChI=1S/C10H20N2O/c1-3-8(2)12-10(13)9-6-4-5-7-11-9/h8-9,11H,3-7H2,1-2H3,(H,12,13)/t8-,9+/m0/s1. The normalized spacial score (nSPS) is 25.2. The lowest BCUT2D eigenvalue weighted by atomic mass is 10.0. The molecule has 0 aromatic rings. The van der Waals surface area contributed by atoms with Gasteiger partial charge in [-0.05, 0) is 32.7 Å². The molecule has 1 fully saturated rings. The number of nitrogens with one attached hydrogen (secondary N) is 2. The smallest absolute Gasteiger partial charge is 0.237 e. The summed E-state index contributed by atoms with van der Waals surface area (Å²) in [5, 5.41) is 6.23. The molecule has 3 heteroatoms. The highest BCUT2D eigenvalue weighted by Crippen LogP contribution is 2.07. The van der Waals surface area contributed by atoms with Gasteiger partial charge < -0.3 is 10.6 Å². The summed E-state index contributed by atoms with van der Waals surface area (Å²) in [5.74, 6) is 0.175. The molecule has 0 aromatic carbocycles. The van der Waals surface area contributed by atoms with Crippen LogP contribution in [0.2, 0.25) is 0 Å². The summed E-state index contributed by atoms with van der Waals surface area (Å²) in [6, 6.07) is 0.360. The molecule has 1 rings (SSSR count). The molecule has 0 saturated carbocycles. The molecule has 1 saturated heterocycles. The highest BCUT2D eigenvalue weighted by molar-refractivity contribution is 5.82. The second kappa shape index (κ2) is 5.22. The molecule has 1 aliphatic heterocycles. The topological polar surface area (TPSA) is 41.1 Å². The first-order valence-electron chi connectivity index (χ1n) is 5.27. The molecular weight excluding hydrogens is 164 g/mol. The maximum atomic E-state index is 11.6. The third-order valence-electron chi connectivity index (χ3n) is 2.63. The summed E-state index contributed by atoms with van der Waals surface area (Å²) in [6.45, 7) is 5.11. The van der Waals surface area contributed by atoms with Gasteiger partial charge in [0.25, 0.3) is 0 Å². The van der Waals surface area contributed by atoms with E-state index in [-0.39, 0.29) is 11.9 Å². The Balaban J connectivity index is 2.29. The van der Waals surface area contributed by atoms with E-state index in [1.54, 1.807) is 0 Å². The van der Waals surface area contributed by atoms with E-state index in [1.165, 1.54) is 12.8 Å². The van der Waals surface area contributed by atoms with Crippen molar-refractivity contribution in [3.63, 3.8) is 0 Å². The summed E-state index contributed by atoms with van der Waals surface area (Å²) in [5.41, 5.74) is 0. The summed E-state index contributed by atoms with van der Waals surface area (Å²) >= 11 is 0. The number of hydrogen-bond acceptors (Lipinski definition) is 2. The Morgan fingerprint density at radius 2 is 2.38 bits per heavy atom. The summed E-state index contributed by atoms with van der Waals surface area (Å²) in [7, 11) is 0. The van der Waals surface area contributed by atoms with Gasteiger partial charge in [0.1, 0.15) is 0 Å². The van der Waals surface area contributed by atoms with Crippen LogP contribution in [-0.2, 0) is 4.79 Å². The van der Waals surface area contributed by atoms with Crippen molar-refractivity contribution in [3.8, 4) is 0 Å². The average Bonchev–Trinajstić information content (AvgIpc) is 2.19. The van der Waals surface area contributed by atoms with Crippen LogP contribution in [0.3, 0.4) is 0 Å². The van der Waals surface area contributed by atoms with Crippen LogP contribution < -0.4 is 10.6 Å². The zero-order valence-corrected chi connectivity index (χ0v) is 8.60. The highest BCUT2D eigenvalue weighted by atomic mass is 16.2. The van der Waals surface area contributed by atoms with Crippen LogP contribution in [0.4, 0.5) is 0 Å². The highest BCUT2D eigenvalue weighted by Gasteiger charge is 2.20. The first kappa shape index (κ1) is 10.5. The van der Waals surface area contributed by atoms with Crippen LogP contribution in [0, 0.1) is 0 Å². The maximum Gasteiger partial charge on any atom is 0.237 e. The summed E-state index contributed by atoms with van der Waals surface area (Å²) in [4.78, 5) is 11.6. The van der Waals surface area contributed by atoms with Crippen molar-refractivity contribution in [2.24, 2.45) is 0 Å². The Hall–Kier alpha value is -0.570. The third-order valence-corrected chi connectivity index (χ3v) is 2.63. The van der Waals surface area contributed by atoms with Crippen molar-refractivity contribution in [1.29, 1.82) is 0 Å². The van der Waals surface area contributed by atoms with Crippen molar-refractivity contribution >= 4 is 5.91 Å². The molecule has 0 bridgehead atoms. The van der Waals surface area contributed by atoms with E-state index in [4.69, 9.17) is 0 Å². The van der Waals surface area contributed by atoms with Crippen molar-refractivity contribution in [3.05, 3.63) is 0 Å². The van der Waals surface area contributed by atoms with Crippen molar-refractivity contribution in [2.45, 2.75) is 51.6 Å². The second-order valence-corrected chi connectivity index (χ2v) is 3.82. The van der Waals surface area contributed by atoms with Crippen molar-refractivity contribution in [2.75, 3.05) is 6.54 Å². The van der Waals surface area contributed by atoms with Gasteiger partial charge in [0, 0.05) is 6.04 Å². The monoisotopic (exact) mass is 184 g/mol. The molecule has 0 aliphatic carbocycles. The van der Waals surface area contributed by atoms with Crippen LogP contribution in [0.25, 0.3) is 0 Å². The van der Waals surface area contributed by atoms with Gasteiger partial charge in [-0.15, -0.1) is 0 Å². The Morgan fingerprint density at radius 3 is 2.92 bits per heavy atom. The van der Waals surface area contributed by atoms with Gasteiger partial charge in [-0.25, -0.2) is 0 Å². The Bertz CT molecular complexity index is 164. The quantitative estimate of drug-likeness (QED) is 0.688. The summed E-state index contributed by atoms with van der Waals surface area (Å²) in [6.07, 6.45) is 4.36. The molecule has 2 N–H and O–H groups in total. The molecule has 1 aliphatic rings. The molecule has 0 aromatic heterocycles. The molecule has 2 atom stereocenters. The van der Waals surface area contributed by atoms with E-state index in [9.17, 15) is 4.79 Å². The minimum absolute atomic E-state index is 0.0581. The fourth-order valence-electron chi connectivity index (χ4n) is 1.52. The SMILES string of the molecule is CC[C@H](C)NC(=O)[C@H]1CCCCN1. The lowest BCUT2D eigenvalue weighted by Crippen LogP contribution is -2.48. The van der Waals surface area contributed by atoms with Crippen LogP contribution in [-0.4, -0.2) is 24.5 Å². The Labute approximate surface area is 80.3 Å². The second-order valence-electron chi connectivity index (χ2n) is 3.82. The van der Waals surface area contributed by atoms with Crippen LogP contribution in [0.5, 0.6) is 0 Å². The van der Waals surface area contributed by atoms with Gasteiger partial charge in [-0.3, -0.25) is 4.79 Å². The zero-order chi connectivity index (χ0) is 9.68. The molecule has 0 radical (unpaired) electrons. The Morgan fingerprint density at radius 1 is 1.62 bits per heavy atom. The number of rotatable bonds is 3. The van der Waals surface area contributed by atoms with E-state index in [0.29, 0.717) is 6.04 Å². The number of carbonyl (C=O) groups excluding carboxylic acids is 1. The molecule has 1 amide bonds. The number of hydrogen-bond donors (Lipinski definition) is 2. The van der Waals surface area contributed by atoms with E-state index < -0.39 is 0 Å². The van der Waals surface area contributed by atoms with Crippen LogP contribution >= 0.6 is 0 Å². The zero-order valence-electron chi connectivity index (χ0n) is 8.60. The van der Waals surface area contributed by atoms with E-state index >= 15 is 0 Å². The molecule has 0 spiro atoms. The summed E-state index contributed by atoms with van der Waals surface area (Å²) < 4.78 is 0. The van der Waals surface area contributed by atoms with Crippen LogP contribution in [0.1, 0.15) is 39.5 Å². The predicted octanol–water partition coefficient (Wildman–Crippen LogP) is 1.04. The van der Waals surface area contributed by atoms with E-state index in [0.717, 1.165) is 19.4 Å². The molecule has 0 unspecified atom stereocenters. The van der Waals surface area contributed by atoms with Gasteiger partial charge in [0.15, 0.2) is 0 Å². The molecular formula is C10H20N2O. The molecule has 1 heterocycles. The van der Waals surface area contributed by atoms with Gasteiger partial charge >= 0.3 is 0 Å². The van der Waals surface area contributed by atoms with Crippen molar-refractivity contribution in [1.82, 2.24) is 10.6 Å². The number of carbonyl (C=O) groups is 1. The lowest BCUT2D eigenvalue weighted by molar-refractivity contribution is -0.124. The Kier molecular flexibility index (Phi) is 4.22. The number of piperidine rings is 1. The van der Waals surface area contributed by atoms with Crippen molar-refractivity contribution < 1.29 is 4.79 Å². The minimum Gasteiger partial charge on any atom is -0.352 e. The fourth-order valence-corrected chi connectivity index (χ4v) is 1.52. The lowest BCUT2D eigenvalue weighted by Gasteiger charge is -2.24. The van der Waals surface area contributed by atoms with Crippen LogP contribution in [0.15, 0.2) is 0 Å². The predicted molar refractivity (Wildman–Crippen MR) is 53.5 cm³/mol. The van der Waals surface area contributed by atoms with Gasteiger partial charge in [0.05, 0.1) is 6.04 Å². The first-order chi connectivity index (χ1) is 6.24. The third kappa shape index (κ3) is 3.35. The van der Waals surface area contributed by atoms with Gasteiger partial charge in [-0.2, -0.15) is 0 Å². The van der Waals surface area contributed by atoms with Gasteiger partial charge in [0.2, 0.25) is 5.91 Å². The van der Waals surface area contributed by atoms with E-state index in [2.05, 4.69) is 17.6 Å². The van der Waals surface area contributed by atoms with Gasteiger partial charge in [-0.1, -0.05) is 13.3 Å². The fraction of sp³-hybridized carbons (Fsp3) is 0.900. The first-order valence-corrected chi connectivity index (χ1v) is 5.27. The van der Waals surface area contributed by atoms with E-state index in [1.807, 2.05) is 6.92 Å². The molecule has 76 valence electrons. The molecule has 13 heavy (non-hydrogen) atoms. The largest absolute Gasteiger partial charge is 0.352 e. The average molecular weight is 184 g/mol. The maximum absolute atomic E-state index is 11.6. The molecule has 3 nitrogen and oxygen atoms in total. The number of amides is 1.